The molecule has 0 N–H and O–H groups in total. The molecule has 0 aromatic heterocycles. The van der Waals surface area contributed by atoms with E-state index in [1.54, 1.807) is 11.8 Å². The van der Waals surface area contributed by atoms with Crippen LogP contribution in [0.15, 0.2) is 65.6 Å². The lowest BCUT2D eigenvalue weighted by atomic mass is 10.2. The summed E-state index contributed by atoms with van der Waals surface area (Å²) in [5.74, 6) is 0.767. The average Bonchev–Trinajstić information content (AvgIpc) is 3.37. The van der Waals surface area contributed by atoms with E-state index in [0.29, 0.717) is 11.8 Å². The molecule has 0 bridgehead atoms. The predicted octanol–water partition coefficient (Wildman–Crippen LogP) is 3.97. The highest BCUT2D eigenvalue weighted by Crippen LogP contribution is 2.29. The van der Waals surface area contributed by atoms with Crippen LogP contribution >= 0.6 is 11.8 Å². The van der Waals surface area contributed by atoms with Crippen LogP contribution < -0.4 is 0 Å². The van der Waals surface area contributed by atoms with Gasteiger partial charge in [-0.1, -0.05) is 48.5 Å². The van der Waals surface area contributed by atoms with Gasteiger partial charge >= 0.3 is 0 Å². The van der Waals surface area contributed by atoms with Crippen molar-refractivity contribution >= 4 is 17.7 Å². The summed E-state index contributed by atoms with van der Waals surface area (Å²) in [6.07, 6.45) is 2.29. The molecule has 0 radical (unpaired) electrons. The number of thioether (sulfide) groups is 1. The number of amides is 1. The molecule has 3 rings (SSSR count). The summed E-state index contributed by atoms with van der Waals surface area (Å²) in [6.45, 7) is 0.736. The highest BCUT2D eigenvalue weighted by atomic mass is 32.2. The molecule has 0 saturated heterocycles. The molecule has 2 aromatic carbocycles. The smallest absolute Gasteiger partial charge is 0.233 e. The fourth-order valence-electron chi connectivity index (χ4n) is 2.33. The van der Waals surface area contributed by atoms with Crippen LogP contribution in [-0.2, 0) is 11.3 Å². The van der Waals surface area contributed by atoms with Gasteiger partial charge in [-0.05, 0) is 30.5 Å². The third-order valence-corrected chi connectivity index (χ3v) is 4.61. The Kier molecular flexibility index (Phi) is 4.61. The molecule has 1 fully saturated rings. The molecular weight excluding hydrogens is 278 g/mol. The Morgan fingerprint density at radius 1 is 1.00 bits per heavy atom. The van der Waals surface area contributed by atoms with E-state index < -0.39 is 0 Å². The lowest BCUT2D eigenvalue weighted by Crippen LogP contribution is -2.33. The Balaban J connectivity index is 1.60. The second kappa shape index (κ2) is 6.81. The highest BCUT2D eigenvalue weighted by Gasteiger charge is 2.32. The highest BCUT2D eigenvalue weighted by molar-refractivity contribution is 8.00. The number of hydrogen-bond donors (Lipinski definition) is 0. The Morgan fingerprint density at radius 3 is 2.24 bits per heavy atom. The number of carbonyl (C=O) groups is 1. The monoisotopic (exact) mass is 297 g/mol. The van der Waals surface area contributed by atoms with E-state index in [1.165, 1.54) is 5.56 Å². The van der Waals surface area contributed by atoms with Crippen LogP contribution in [0, 0.1) is 0 Å². The molecule has 1 aliphatic carbocycles. The summed E-state index contributed by atoms with van der Waals surface area (Å²) < 4.78 is 0. The summed E-state index contributed by atoms with van der Waals surface area (Å²) in [5.41, 5.74) is 1.21. The lowest BCUT2D eigenvalue weighted by molar-refractivity contribution is -0.129. The van der Waals surface area contributed by atoms with E-state index in [2.05, 4.69) is 24.3 Å². The fourth-order valence-corrected chi connectivity index (χ4v) is 3.14. The molecule has 1 aliphatic rings. The molecule has 2 aromatic rings. The molecule has 21 heavy (non-hydrogen) atoms. The minimum atomic E-state index is 0.246. The van der Waals surface area contributed by atoms with Crippen molar-refractivity contribution in [3.63, 3.8) is 0 Å². The van der Waals surface area contributed by atoms with Crippen molar-refractivity contribution in [3.05, 3.63) is 66.2 Å². The minimum absolute atomic E-state index is 0.246. The number of hydrogen-bond acceptors (Lipinski definition) is 2. The van der Waals surface area contributed by atoms with Crippen molar-refractivity contribution in [3.8, 4) is 0 Å². The van der Waals surface area contributed by atoms with E-state index in [-0.39, 0.29) is 5.91 Å². The maximum atomic E-state index is 12.5. The second-order valence-electron chi connectivity index (χ2n) is 5.34. The van der Waals surface area contributed by atoms with Crippen molar-refractivity contribution in [2.24, 2.45) is 0 Å². The standard InChI is InChI=1S/C18H19NOS/c20-18(14-21-17-9-5-2-6-10-17)19(16-11-12-16)13-15-7-3-1-4-8-15/h1-10,16H,11-14H2. The largest absolute Gasteiger partial charge is 0.335 e. The van der Waals surface area contributed by atoms with Gasteiger partial charge in [0.25, 0.3) is 0 Å². The molecule has 3 heteroatoms. The van der Waals surface area contributed by atoms with Crippen molar-refractivity contribution in [1.82, 2.24) is 4.90 Å². The first kappa shape index (κ1) is 14.2. The Hall–Kier alpha value is -1.74. The summed E-state index contributed by atoms with van der Waals surface area (Å²) >= 11 is 1.62. The summed E-state index contributed by atoms with van der Waals surface area (Å²) in [7, 11) is 0. The predicted molar refractivity (Wildman–Crippen MR) is 87.2 cm³/mol. The van der Waals surface area contributed by atoms with Crippen LogP contribution in [0.1, 0.15) is 18.4 Å². The molecule has 1 amide bonds. The summed E-state index contributed by atoms with van der Waals surface area (Å²) in [6, 6.07) is 20.8. The van der Waals surface area contributed by atoms with Gasteiger partial charge in [0.15, 0.2) is 0 Å². The third kappa shape index (κ3) is 4.11. The van der Waals surface area contributed by atoms with E-state index in [1.807, 2.05) is 41.3 Å². The third-order valence-electron chi connectivity index (χ3n) is 3.61. The van der Waals surface area contributed by atoms with Gasteiger partial charge in [0.05, 0.1) is 5.75 Å². The summed E-state index contributed by atoms with van der Waals surface area (Å²) in [5, 5.41) is 0. The van der Waals surface area contributed by atoms with Gasteiger partial charge in [-0.15, -0.1) is 11.8 Å². The normalized spacial score (nSPS) is 13.9. The van der Waals surface area contributed by atoms with E-state index in [4.69, 9.17) is 0 Å². The molecule has 0 atom stereocenters. The van der Waals surface area contributed by atoms with Crippen molar-refractivity contribution < 1.29 is 4.79 Å². The molecule has 2 nitrogen and oxygen atoms in total. The zero-order chi connectivity index (χ0) is 14.5. The van der Waals surface area contributed by atoms with Gasteiger partial charge in [0.2, 0.25) is 5.91 Å². The first-order chi connectivity index (χ1) is 10.3. The van der Waals surface area contributed by atoms with E-state index in [0.717, 1.165) is 24.3 Å². The molecule has 0 aliphatic heterocycles. The zero-order valence-corrected chi connectivity index (χ0v) is 12.8. The zero-order valence-electron chi connectivity index (χ0n) is 11.9. The van der Waals surface area contributed by atoms with Crippen LogP contribution in [0.25, 0.3) is 0 Å². The maximum absolute atomic E-state index is 12.5. The average molecular weight is 297 g/mol. The number of nitrogens with zero attached hydrogens (tertiary/aromatic N) is 1. The molecular formula is C18H19NOS. The van der Waals surface area contributed by atoms with Gasteiger partial charge in [0, 0.05) is 17.5 Å². The van der Waals surface area contributed by atoms with Crippen LogP contribution in [0.3, 0.4) is 0 Å². The van der Waals surface area contributed by atoms with Crippen LogP contribution in [-0.4, -0.2) is 22.6 Å². The van der Waals surface area contributed by atoms with Gasteiger partial charge in [-0.2, -0.15) is 0 Å². The van der Waals surface area contributed by atoms with Gasteiger partial charge in [0.1, 0.15) is 0 Å². The Labute approximate surface area is 130 Å². The molecule has 108 valence electrons. The van der Waals surface area contributed by atoms with Crippen molar-refractivity contribution in [2.75, 3.05) is 5.75 Å². The number of carbonyl (C=O) groups excluding carboxylic acids is 1. The molecule has 1 saturated carbocycles. The summed E-state index contributed by atoms with van der Waals surface area (Å²) in [4.78, 5) is 15.7. The quantitative estimate of drug-likeness (QED) is 0.752. The maximum Gasteiger partial charge on any atom is 0.233 e. The molecule has 0 unspecified atom stereocenters. The second-order valence-corrected chi connectivity index (χ2v) is 6.39. The van der Waals surface area contributed by atoms with Gasteiger partial charge < -0.3 is 4.90 Å². The first-order valence-corrected chi connectivity index (χ1v) is 8.33. The lowest BCUT2D eigenvalue weighted by Gasteiger charge is -2.22. The molecule has 0 spiro atoms. The fraction of sp³-hybridized carbons (Fsp3) is 0.278. The van der Waals surface area contributed by atoms with Gasteiger partial charge in [-0.3, -0.25) is 4.79 Å². The molecule has 0 heterocycles. The van der Waals surface area contributed by atoms with Crippen LogP contribution in [0.2, 0.25) is 0 Å². The Bertz CT molecular complexity index is 581. The minimum Gasteiger partial charge on any atom is -0.335 e. The van der Waals surface area contributed by atoms with Crippen molar-refractivity contribution in [2.45, 2.75) is 30.3 Å². The first-order valence-electron chi connectivity index (χ1n) is 7.34. The van der Waals surface area contributed by atoms with Crippen molar-refractivity contribution in [1.29, 1.82) is 0 Å². The van der Waals surface area contributed by atoms with Crippen LogP contribution in [0.5, 0.6) is 0 Å². The van der Waals surface area contributed by atoms with E-state index in [9.17, 15) is 4.79 Å². The van der Waals surface area contributed by atoms with E-state index >= 15 is 0 Å². The SMILES string of the molecule is O=C(CSc1ccccc1)N(Cc1ccccc1)C1CC1. The van der Waals surface area contributed by atoms with Gasteiger partial charge in [-0.25, -0.2) is 0 Å². The van der Waals surface area contributed by atoms with Crippen LogP contribution in [0.4, 0.5) is 0 Å². The number of benzene rings is 2. The Morgan fingerprint density at radius 2 is 1.62 bits per heavy atom. The topological polar surface area (TPSA) is 20.3 Å². The number of rotatable bonds is 6.